The third-order valence-electron chi connectivity index (χ3n) is 4.77. The number of phenolic OH excluding ortho intramolecular Hbond substituents is 1. The van der Waals surface area contributed by atoms with Gasteiger partial charge in [0, 0.05) is 12.5 Å². The third kappa shape index (κ3) is 4.88. The first-order valence-corrected chi connectivity index (χ1v) is 11.0. The van der Waals surface area contributed by atoms with Crippen LogP contribution in [0, 0.1) is 19.7 Å². The van der Waals surface area contributed by atoms with E-state index in [2.05, 4.69) is 0 Å². The number of aromatic hydroxyl groups is 1. The second-order valence-corrected chi connectivity index (χ2v) is 9.18. The number of carboxylic acid groups (broad SMARTS) is 1. The second kappa shape index (κ2) is 8.96. The Hall–Kier alpha value is -3.46. The number of sulfone groups is 1. The summed E-state index contributed by atoms with van der Waals surface area (Å²) in [6.07, 6.45) is -2.33. The van der Waals surface area contributed by atoms with E-state index in [0.29, 0.717) is 22.4 Å². The number of alkyl halides is 1. The summed E-state index contributed by atoms with van der Waals surface area (Å²) in [6, 6.07) is 11.1. The van der Waals surface area contributed by atoms with E-state index in [4.69, 9.17) is 9.84 Å². The quantitative estimate of drug-likeness (QED) is 0.492. The van der Waals surface area contributed by atoms with Crippen LogP contribution in [0.1, 0.15) is 16.7 Å². The zero-order valence-corrected chi connectivity index (χ0v) is 18.0. The minimum Gasteiger partial charge on any atom is -0.507 e. The van der Waals surface area contributed by atoms with Crippen molar-refractivity contribution in [3.63, 3.8) is 0 Å². The molecule has 0 aliphatic heterocycles. The number of ether oxygens (including phenoxy) is 1. The Kier molecular flexibility index (Phi) is 6.50. The summed E-state index contributed by atoms with van der Waals surface area (Å²) in [6.45, 7) is 3.38. The van der Waals surface area contributed by atoms with Crippen LogP contribution in [0.5, 0.6) is 17.2 Å². The lowest BCUT2D eigenvalue weighted by Crippen LogP contribution is -2.17. The van der Waals surface area contributed by atoms with E-state index in [1.54, 1.807) is 26.0 Å². The standard InChI is InChI=1S/C23H20F2O6S/c1-13-9-15(11-19(25)23(27)28)10-14(2)22(13)31-17-5-8-20(26)21(12-17)32(29,30)18-6-3-16(24)4-7-18/h3-10,12,19,26H,11H2,1-2H3,(H,27,28)/t19-/m0/s1. The number of carboxylic acids is 1. The fourth-order valence-electron chi connectivity index (χ4n) is 3.24. The number of benzene rings is 3. The Morgan fingerprint density at radius 1 is 1.03 bits per heavy atom. The molecule has 0 radical (unpaired) electrons. The molecule has 3 aromatic rings. The van der Waals surface area contributed by atoms with Crippen LogP contribution in [0.3, 0.4) is 0 Å². The zero-order chi connectivity index (χ0) is 23.6. The third-order valence-corrected chi connectivity index (χ3v) is 6.57. The molecule has 1 atom stereocenters. The van der Waals surface area contributed by atoms with Gasteiger partial charge in [-0.3, -0.25) is 0 Å². The van der Waals surface area contributed by atoms with E-state index >= 15 is 0 Å². The van der Waals surface area contributed by atoms with Crippen molar-refractivity contribution in [1.29, 1.82) is 0 Å². The van der Waals surface area contributed by atoms with E-state index in [0.717, 1.165) is 30.3 Å². The number of phenols is 1. The Balaban J connectivity index is 1.94. The summed E-state index contributed by atoms with van der Waals surface area (Å²) in [5.41, 5.74) is 1.66. The Morgan fingerprint density at radius 3 is 2.19 bits per heavy atom. The van der Waals surface area contributed by atoms with Crippen molar-refractivity contribution in [2.45, 2.75) is 36.2 Å². The number of halogens is 2. The predicted octanol–water partition coefficient (Wildman–Crippen LogP) is 4.74. The first-order chi connectivity index (χ1) is 15.0. The summed E-state index contributed by atoms with van der Waals surface area (Å²) in [7, 11) is -4.14. The summed E-state index contributed by atoms with van der Waals surface area (Å²) in [4.78, 5) is 10.2. The van der Waals surface area contributed by atoms with Gasteiger partial charge >= 0.3 is 5.97 Å². The van der Waals surface area contributed by atoms with Crippen molar-refractivity contribution in [3.05, 3.63) is 77.1 Å². The number of rotatable bonds is 7. The van der Waals surface area contributed by atoms with E-state index < -0.39 is 38.4 Å². The van der Waals surface area contributed by atoms with Crippen molar-refractivity contribution >= 4 is 15.8 Å². The van der Waals surface area contributed by atoms with Crippen LogP contribution in [0.2, 0.25) is 0 Å². The monoisotopic (exact) mass is 462 g/mol. The van der Waals surface area contributed by atoms with Crippen molar-refractivity contribution < 1.29 is 36.9 Å². The highest BCUT2D eigenvalue weighted by atomic mass is 32.2. The molecular weight excluding hydrogens is 442 g/mol. The van der Waals surface area contributed by atoms with Crippen molar-refractivity contribution in [2.24, 2.45) is 0 Å². The molecule has 0 unspecified atom stereocenters. The van der Waals surface area contributed by atoms with Crippen LogP contribution in [0.25, 0.3) is 0 Å². The van der Waals surface area contributed by atoms with Crippen molar-refractivity contribution in [3.8, 4) is 17.2 Å². The molecule has 2 N–H and O–H groups in total. The molecule has 0 bridgehead atoms. The largest absolute Gasteiger partial charge is 0.507 e. The minimum atomic E-state index is -4.14. The molecule has 0 amide bonds. The SMILES string of the molecule is Cc1cc(C[C@H](F)C(=O)O)cc(C)c1Oc1ccc(O)c(S(=O)(=O)c2ccc(F)cc2)c1. The van der Waals surface area contributed by atoms with Gasteiger partial charge in [0.2, 0.25) is 16.0 Å². The van der Waals surface area contributed by atoms with Crippen LogP contribution < -0.4 is 4.74 Å². The van der Waals surface area contributed by atoms with Gasteiger partial charge in [0.1, 0.15) is 28.0 Å². The molecule has 9 heteroatoms. The topological polar surface area (TPSA) is 101 Å². The smallest absolute Gasteiger partial charge is 0.338 e. The fourth-order valence-corrected chi connectivity index (χ4v) is 4.61. The molecule has 0 saturated carbocycles. The van der Waals surface area contributed by atoms with Gasteiger partial charge in [-0.25, -0.2) is 22.0 Å². The molecule has 0 aromatic heterocycles. The molecule has 3 aromatic carbocycles. The van der Waals surface area contributed by atoms with Gasteiger partial charge in [-0.2, -0.15) is 0 Å². The molecule has 6 nitrogen and oxygen atoms in total. The van der Waals surface area contributed by atoms with E-state index in [1.165, 1.54) is 12.1 Å². The molecule has 0 aliphatic carbocycles. The van der Waals surface area contributed by atoms with Crippen molar-refractivity contribution in [2.75, 3.05) is 0 Å². The lowest BCUT2D eigenvalue weighted by Gasteiger charge is -2.15. The van der Waals surface area contributed by atoms with E-state index in [9.17, 15) is 27.1 Å². The highest BCUT2D eigenvalue weighted by molar-refractivity contribution is 7.91. The van der Waals surface area contributed by atoms with Gasteiger partial charge in [0.15, 0.2) is 0 Å². The highest BCUT2D eigenvalue weighted by Crippen LogP contribution is 2.36. The molecule has 0 aliphatic rings. The van der Waals surface area contributed by atoms with Gasteiger partial charge < -0.3 is 14.9 Å². The van der Waals surface area contributed by atoms with Gasteiger partial charge in [0.05, 0.1) is 4.90 Å². The minimum absolute atomic E-state index is 0.122. The highest BCUT2D eigenvalue weighted by Gasteiger charge is 2.23. The molecular formula is C23H20F2O6S. The molecule has 0 saturated heterocycles. The van der Waals surface area contributed by atoms with Crippen molar-refractivity contribution in [1.82, 2.24) is 0 Å². The lowest BCUT2D eigenvalue weighted by molar-refractivity contribution is -0.142. The molecule has 0 heterocycles. The van der Waals surface area contributed by atoms with Crippen LogP contribution in [0.4, 0.5) is 8.78 Å². The molecule has 168 valence electrons. The average molecular weight is 462 g/mol. The molecule has 32 heavy (non-hydrogen) atoms. The van der Waals surface area contributed by atoms with E-state index in [1.807, 2.05) is 0 Å². The first kappa shape index (κ1) is 23.2. The summed E-state index contributed by atoms with van der Waals surface area (Å²) in [5.74, 6) is -2.12. The normalized spacial score (nSPS) is 12.4. The summed E-state index contributed by atoms with van der Waals surface area (Å²) >= 11 is 0. The molecule has 0 fully saturated rings. The first-order valence-electron chi connectivity index (χ1n) is 9.47. The average Bonchev–Trinajstić information content (AvgIpc) is 2.72. The number of carbonyl (C=O) groups is 1. The van der Waals surface area contributed by atoms with Crippen LogP contribution in [-0.4, -0.2) is 30.8 Å². The maximum Gasteiger partial charge on any atom is 0.338 e. The van der Waals surface area contributed by atoms with E-state index in [-0.39, 0.29) is 17.1 Å². The van der Waals surface area contributed by atoms with Crippen LogP contribution in [-0.2, 0) is 21.1 Å². The molecule has 0 spiro atoms. The summed E-state index contributed by atoms with van der Waals surface area (Å²) < 4.78 is 58.3. The Morgan fingerprint density at radius 2 is 1.62 bits per heavy atom. The summed E-state index contributed by atoms with van der Waals surface area (Å²) in [5, 5.41) is 18.9. The number of hydrogen-bond donors (Lipinski definition) is 2. The molecule has 3 rings (SSSR count). The van der Waals surface area contributed by atoms with Gasteiger partial charge in [0.25, 0.3) is 0 Å². The van der Waals surface area contributed by atoms with Crippen LogP contribution in [0.15, 0.2) is 64.4 Å². The Labute approximate surface area is 183 Å². The zero-order valence-electron chi connectivity index (χ0n) is 17.2. The second-order valence-electron chi connectivity index (χ2n) is 7.26. The number of hydrogen-bond acceptors (Lipinski definition) is 5. The Bertz CT molecular complexity index is 1250. The fraction of sp³-hybridized carbons (Fsp3) is 0.174. The predicted molar refractivity (Wildman–Crippen MR) is 112 cm³/mol. The van der Waals surface area contributed by atoms with Crippen LogP contribution >= 0.6 is 0 Å². The number of aryl methyl sites for hydroxylation is 2. The maximum atomic E-state index is 13.5. The van der Waals surface area contributed by atoms with Gasteiger partial charge in [-0.05, 0) is 66.9 Å². The maximum absolute atomic E-state index is 13.5. The number of aliphatic carboxylic acids is 1. The lowest BCUT2D eigenvalue weighted by atomic mass is 10.0. The van der Waals surface area contributed by atoms with Gasteiger partial charge in [-0.1, -0.05) is 12.1 Å². The van der Waals surface area contributed by atoms with Gasteiger partial charge in [-0.15, -0.1) is 0 Å².